The highest BCUT2D eigenvalue weighted by Gasteiger charge is 2.47. The summed E-state index contributed by atoms with van der Waals surface area (Å²) in [5.74, 6) is -1.29. The van der Waals surface area contributed by atoms with E-state index in [1.54, 1.807) is 17.5 Å². The molecule has 0 saturated carbocycles. The zero-order valence-corrected chi connectivity index (χ0v) is 18.7. The minimum atomic E-state index is -4.54. The van der Waals surface area contributed by atoms with Gasteiger partial charge in [-0.3, -0.25) is 9.59 Å². The summed E-state index contributed by atoms with van der Waals surface area (Å²) in [7, 11) is 0. The number of alkyl halides is 3. The van der Waals surface area contributed by atoms with Crippen molar-refractivity contribution in [3.8, 4) is 0 Å². The number of nitrogens with two attached hydrogens (primary N) is 1. The predicted molar refractivity (Wildman–Crippen MR) is 118 cm³/mol. The third kappa shape index (κ3) is 3.99. The fourth-order valence-electron chi connectivity index (χ4n) is 3.88. The molecule has 12 heteroatoms. The zero-order valence-electron chi connectivity index (χ0n) is 17.1. The monoisotopic (exact) mass is 483 g/mol. The second-order valence-corrected chi connectivity index (χ2v) is 9.58. The molecule has 4 heterocycles. The number of hydrogen-bond donors (Lipinski definition) is 3. The van der Waals surface area contributed by atoms with Gasteiger partial charge in [0, 0.05) is 22.2 Å². The van der Waals surface area contributed by atoms with Crippen LogP contribution in [0.25, 0.3) is 0 Å². The summed E-state index contributed by atoms with van der Waals surface area (Å²) in [6.45, 7) is 3.67. The summed E-state index contributed by atoms with van der Waals surface area (Å²) in [4.78, 5) is 26.4. The summed E-state index contributed by atoms with van der Waals surface area (Å²) in [5.41, 5.74) is 6.26. The van der Waals surface area contributed by atoms with Crippen molar-refractivity contribution in [2.24, 2.45) is 5.73 Å². The molecule has 2 amide bonds. The highest BCUT2D eigenvalue weighted by atomic mass is 32.1. The Morgan fingerprint density at radius 2 is 2.16 bits per heavy atom. The summed E-state index contributed by atoms with van der Waals surface area (Å²) in [6.07, 6.45) is -4.22. The summed E-state index contributed by atoms with van der Waals surface area (Å²) in [5, 5.41) is 11.7. The van der Waals surface area contributed by atoms with Gasteiger partial charge in [-0.15, -0.1) is 22.7 Å². The second kappa shape index (κ2) is 8.24. The predicted octanol–water partition coefficient (Wildman–Crippen LogP) is 4.89. The van der Waals surface area contributed by atoms with Crippen LogP contribution in [0.4, 0.5) is 24.0 Å². The Labute approximate surface area is 189 Å². The Balaban J connectivity index is 1.66. The molecule has 32 heavy (non-hydrogen) atoms. The SMILES string of the molecule is CCc1c(C)sc(NC(=O)c2cc3n(n2)C(C(F)(F)F)CC(c2cccs2)N3)c1C(N)=O. The Bertz CT molecular complexity index is 1170. The molecule has 170 valence electrons. The minimum absolute atomic E-state index is 0.105. The van der Waals surface area contributed by atoms with Crippen LogP contribution >= 0.6 is 22.7 Å². The van der Waals surface area contributed by atoms with Gasteiger partial charge in [-0.2, -0.15) is 18.3 Å². The number of rotatable bonds is 5. The van der Waals surface area contributed by atoms with Crippen molar-refractivity contribution in [1.29, 1.82) is 0 Å². The van der Waals surface area contributed by atoms with Crippen molar-refractivity contribution < 1.29 is 22.8 Å². The summed E-state index contributed by atoms with van der Waals surface area (Å²) >= 11 is 2.55. The molecule has 0 fully saturated rings. The van der Waals surface area contributed by atoms with Crippen LogP contribution < -0.4 is 16.4 Å². The fourth-order valence-corrected chi connectivity index (χ4v) is 5.82. The number of nitrogens with zero attached hydrogens (tertiary/aromatic N) is 2. The van der Waals surface area contributed by atoms with E-state index in [1.165, 1.54) is 28.7 Å². The first-order chi connectivity index (χ1) is 15.1. The third-order valence-electron chi connectivity index (χ3n) is 5.35. The first-order valence-electron chi connectivity index (χ1n) is 9.79. The van der Waals surface area contributed by atoms with Gasteiger partial charge in [-0.05, 0) is 30.4 Å². The maximum atomic E-state index is 13.8. The lowest BCUT2D eigenvalue weighted by atomic mass is 10.0. The van der Waals surface area contributed by atoms with E-state index in [-0.39, 0.29) is 28.5 Å². The molecule has 7 nitrogen and oxygen atoms in total. The van der Waals surface area contributed by atoms with Crippen LogP contribution in [0.3, 0.4) is 0 Å². The highest BCUT2D eigenvalue weighted by Crippen LogP contribution is 2.44. The number of anilines is 2. The molecule has 4 N–H and O–H groups in total. The van der Waals surface area contributed by atoms with Gasteiger partial charge in [-0.1, -0.05) is 13.0 Å². The van der Waals surface area contributed by atoms with Crippen molar-refractivity contribution in [2.45, 2.75) is 44.9 Å². The highest BCUT2D eigenvalue weighted by molar-refractivity contribution is 7.16. The van der Waals surface area contributed by atoms with Crippen LogP contribution in [0.1, 0.15) is 61.6 Å². The average Bonchev–Trinajstić information content (AvgIpc) is 3.44. The molecular formula is C20H20F3N5O2S2. The quantitative estimate of drug-likeness (QED) is 0.481. The molecule has 0 aromatic carbocycles. The first-order valence-corrected chi connectivity index (χ1v) is 11.5. The largest absolute Gasteiger partial charge is 0.410 e. The van der Waals surface area contributed by atoms with Crippen molar-refractivity contribution in [3.63, 3.8) is 0 Å². The number of thiophene rings is 2. The lowest BCUT2D eigenvalue weighted by Gasteiger charge is -2.32. The lowest BCUT2D eigenvalue weighted by Crippen LogP contribution is -2.35. The van der Waals surface area contributed by atoms with Gasteiger partial charge in [0.25, 0.3) is 11.8 Å². The van der Waals surface area contributed by atoms with Crippen molar-refractivity contribution in [3.05, 3.63) is 50.2 Å². The zero-order chi connectivity index (χ0) is 23.2. The molecule has 3 aromatic rings. The van der Waals surface area contributed by atoms with E-state index < -0.39 is 30.1 Å². The van der Waals surface area contributed by atoms with Crippen molar-refractivity contribution >= 4 is 45.3 Å². The lowest BCUT2D eigenvalue weighted by molar-refractivity contribution is -0.173. The number of hydrogen-bond acceptors (Lipinski definition) is 6. The van der Waals surface area contributed by atoms with Crippen molar-refractivity contribution in [2.75, 3.05) is 10.6 Å². The van der Waals surface area contributed by atoms with Gasteiger partial charge in [0.2, 0.25) is 0 Å². The van der Waals surface area contributed by atoms with E-state index in [9.17, 15) is 22.8 Å². The number of carbonyl (C=O) groups excluding carboxylic acids is 2. The molecule has 0 spiro atoms. The smallest absolute Gasteiger partial charge is 0.365 e. The van der Waals surface area contributed by atoms with E-state index >= 15 is 0 Å². The molecule has 0 saturated heterocycles. The molecule has 4 rings (SSSR count). The molecule has 2 unspecified atom stereocenters. The van der Waals surface area contributed by atoms with E-state index in [0.717, 1.165) is 20.0 Å². The van der Waals surface area contributed by atoms with Crippen molar-refractivity contribution in [1.82, 2.24) is 9.78 Å². The Hall–Kier alpha value is -2.86. The topological polar surface area (TPSA) is 102 Å². The fraction of sp³-hybridized carbons (Fsp3) is 0.350. The molecular weight excluding hydrogens is 463 g/mol. The average molecular weight is 484 g/mol. The standard InChI is InChI=1S/C20H20F3N5O2S2/c1-3-10-9(2)32-19(16(10)17(24)29)26-18(30)12-8-15-25-11(13-5-4-6-31-13)7-14(20(21,22)23)28(15)27-12/h4-6,8,11,14,25H,3,7H2,1-2H3,(H2,24,29)(H,26,30). The second-order valence-electron chi connectivity index (χ2n) is 7.38. The molecule has 0 radical (unpaired) electrons. The number of aromatic nitrogens is 2. The maximum absolute atomic E-state index is 13.8. The molecule has 0 bridgehead atoms. The molecule has 3 aromatic heterocycles. The molecule has 0 aliphatic carbocycles. The Kier molecular flexibility index (Phi) is 5.76. The number of primary amides is 1. The molecule has 2 atom stereocenters. The normalized spacial score (nSPS) is 18.2. The molecule has 1 aliphatic heterocycles. The van der Waals surface area contributed by atoms with Crippen LogP contribution in [-0.4, -0.2) is 27.8 Å². The maximum Gasteiger partial charge on any atom is 0.410 e. The number of aryl methyl sites for hydroxylation is 1. The summed E-state index contributed by atoms with van der Waals surface area (Å²) in [6, 6.07) is 2.42. The van der Waals surface area contributed by atoms with Gasteiger partial charge in [0.15, 0.2) is 11.7 Å². The van der Waals surface area contributed by atoms with E-state index in [4.69, 9.17) is 5.73 Å². The van der Waals surface area contributed by atoms with Crippen LogP contribution in [0.15, 0.2) is 23.6 Å². The van der Waals surface area contributed by atoms with Crippen LogP contribution in [0.2, 0.25) is 0 Å². The van der Waals surface area contributed by atoms with Crippen LogP contribution in [0, 0.1) is 6.92 Å². The number of nitrogens with one attached hydrogen (secondary N) is 2. The number of amides is 2. The van der Waals surface area contributed by atoms with E-state index in [2.05, 4.69) is 15.7 Å². The van der Waals surface area contributed by atoms with Gasteiger partial charge in [-0.25, -0.2) is 4.68 Å². The minimum Gasteiger partial charge on any atom is -0.365 e. The summed E-state index contributed by atoms with van der Waals surface area (Å²) < 4.78 is 42.2. The van der Waals surface area contributed by atoms with Crippen LogP contribution in [0.5, 0.6) is 0 Å². The van der Waals surface area contributed by atoms with Gasteiger partial charge < -0.3 is 16.4 Å². The third-order valence-corrected chi connectivity index (χ3v) is 7.39. The van der Waals surface area contributed by atoms with Gasteiger partial charge in [0.05, 0.1) is 11.6 Å². The Morgan fingerprint density at radius 3 is 2.75 bits per heavy atom. The van der Waals surface area contributed by atoms with E-state index in [0.29, 0.717) is 6.42 Å². The number of carbonyl (C=O) groups is 2. The van der Waals surface area contributed by atoms with Gasteiger partial charge in [0.1, 0.15) is 10.8 Å². The Morgan fingerprint density at radius 1 is 1.41 bits per heavy atom. The van der Waals surface area contributed by atoms with Crippen LogP contribution in [-0.2, 0) is 6.42 Å². The van der Waals surface area contributed by atoms with Gasteiger partial charge >= 0.3 is 6.18 Å². The number of halogens is 3. The van der Waals surface area contributed by atoms with E-state index in [1.807, 2.05) is 13.8 Å². The first kappa shape index (κ1) is 22.3. The molecule has 1 aliphatic rings. The number of fused-ring (bicyclic) bond motifs is 1.